The fourth-order valence-electron chi connectivity index (χ4n) is 1.38. The Bertz CT molecular complexity index is 323. The summed E-state index contributed by atoms with van der Waals surface area (Å²) in [6.07, 6.45) is 1.63. The van der Waals surface area contributed by atoms with Crippen molar-refractivity contribution in [1.82, 2.24) is 0 Å². The molecule has 13 heavy (non-hydrogen) atoms. The SMILES string of the molecule is OC(c1ccc(Br)c(F)c1)C1CC1. The Balaban J connectivity index is 2.24. The second-order valence-electron chi connectivity index (χ2n) is 3.46. The van der Waals surface area contributed by atoms with E-state index in [9.17, 15) is 9.50 Å². The lowest BCUT2D eigenvalue weighted by atomic mass is 10.1. The predicted molar refractivity (Wildman–Crippen MR) is 51.8 cm³/mol. The minimum absolute atomic E-state index is 0.308. The topological polar surface area (TPSA) is 20.2 Å². The van der Waals surface area contributed by atoms with Crippen molar-refractivity contribution in [3.05, 3.63) is 34.1 Å². The molecule has 1 nitrogen and oxygen atoms in total. The first-order valence-electron chi connectivity index (χ1n) is 4.31. The molecule has 1 aromatic carbocycles. The highest BCUT2D eigenvalue weighted by Crippen LogP contribution is 2.41. The van der Waals surface area contributed by atoms with Crippen molar-refractivity contribution in [2.75, 3.05) is 0 Å². The molecule has 2 rings (SSSR count). The van der Waals surface area contributed by atoms with E-state index < -0.39 is 6.10 Å². The van der Waals surface area contributed by atoms with Gasteiger partial charge in [-0.2, -0.15) is 0 Å². The van der Waals surface area contributed by atoms with Crippen molar-refractivity contribution >= 4 is 15.9 Å². The molecule has 1 aromatic rings. The van der Waals surface area contributed by atoms with Gasteiger partial charge in [-0.15, -0.1) is 0 Å². The van der Waals surface area contributed by atoms with Crippen molar-refractivity contribution in [2.24, 2.45) is 5.92 Å². The van der Waals surface area contributed by atoms with Crippen LogP contribution < -0.4 is 0 Å². The zero-order valence-electron chi connectivity index (χ0n) is 7.00. The second-order valence-corrected chi connectivity index (χ2v) is 4.31. The summed E-state index contributed by atoms with van der Waals surface area (Å²) in [5, 5.41) is 9.69. The van der Waals surface area contributed by atoms with Crippen molar-refractivity contribution in [1.29, 1.82) is 0 Å². The minimum Gasteiger partial charge on any atom is -0.388 e. The van der Waals surface area contributed by atoms with Gasteiger partial charge in [-0.05, 0) is 52.4 Å². The fourth-order valence-corrected chi connectivity index (χ4v) is 1.63. The summed E-state index contributed by atoms with van der Waals surface area (Å²) in [5.74, 6) is 0.0396. The maximum atomic E-state index is 13.1. The molecule has 0 bridgehead atoms. The molecule has 1 unspecified atom stereocenters. The molecule has 0 saturated heterocycles. The van der Waals surface area contributed by atoms with Crippen LogP contribution in [0, 0.1) is 11.7 Å². The Kier molecular flexibility index (Phi) is 2.39. The lowest BCUT2D eigenvalue weighted by molar-refractivity contribution is 0.153. The van der Waals surface area contributed by atoms with Crippen molar-refractivity contribution < 1.29 is 9.50 Å². The largest absolute Gasteiger partial charge is 0.388 e. The first-order valence-corrected chi connectivity index (χ1v) is 5.11. The average molecular weight is 245 g/mol. The normalized spacial score (nSPS) is 18.7. The Morgan fingerprint density at radius 3 is 2.69 bits per heavy atom. The first kappa shape index (κ1) is 9.16. The van der Waals surface area contributed by atoms with Crippen LogP contribution >= 0.6 is 15.9 Å². The van der Waals surface area contributed by atoms with E-state index in [1.54, 1.807) is 12.1 Å². The molecule has 0 radical (unpaired) electrons. The van der Waals surface area contributed by atoms with Gasteiger partial charge in [-0.1, -0.05) is 6.07 Å². The second kappa shape index (κ2) is 3.39. The van der Waals surface area contributed by atoms with E-state index in [1.807, 2.05) is 0 Å². The van der Waals surface area contributed by atoms with Crippen LogP contribution in [0.2, 0.25) is 0 Å². The van der Waals surface area contributed by atoms with Gasteiger partial charge in [-0.25, -0.2) is 4.39 Å². The van der Waals surface area contributed by atoms with E-state index in [4.69, 9.17) is 0 Å². The van der Waals surface area contributed by atoms with Gasteiger partial charge in [0, 0.05) is 0 Å². The highest BCUT2D eigenvalue weighted by molar-refractivity contribution is 9.10. The first-order chi connectivity index (χ1) is 6.18. The summed E-state index contributed by atoms with van der Waals surface area (Å²) in [5.41, 5.74) is 0.684. The predicted octanol–water partition coefficient (Wildman–Crippen LogP) is 3.03. The van der Waals surface area contributed by atoms with Gasteiger partial charge in [-0.3, -0.25) is 0 Å². The molecule has 0 aromatic heterocycles. The highest BCUT2D eigenvalue weighted by Gasteiger charge is 2.30. The van der Waals surface area contributed by atoms with Gasteiger partial charge in [0.25, 0.3) is 0 Å². The molecule has 0 amide bonds. The van der Waals surface area contributed by atoms with Crippen molar-refractivity contribution in [3.63, 3.8) is 0 Å². The smallest absolute Gasteiger partial charge is 0.137 e. The van der Waals surface area contributed by atoms with Crippen molar-refractivity contribution in [2.45, 2.75) is 18.9 Å². The molecule has 1 saturated carbocycles. The van der Waals surface area contributed by atoms with Crippen LogP contribution in [0.5, 0.6) is 0 Å². The number of aliphatic hydroxyl groups is 1. The number of aliphatic hydroxyl groups excluding tert-OH is 1. The van der Waals surface area contributed by atoms with E-state index in [0.717, 1.165) is 12.8 Å². The summed E-state index contributed by atoms with van der Waals surface area (Å²) < 4.78 is 13.5. The van der Waals surface area contributed by atoms with E-state index >= 15 is 0 Å². The van der Waals surface area contributed by atoms with Gasteiger partial charge >= 0.3 is 0 Å². The van der Waals surface area contributed by atoms with E-state index in [0.29, 0.717) is 16.0 Å². The summed E-state index contributed by atoms with van der Waals surface area (Å²) >= 11 is 3.07. The third-order valence-corrected chi connectivity index (χ3v) is 3.00. The van der Waals surface area contributed by atoms with Crippen LogP contribution in [-0.4, -0.2) is 5.11 Å². The third kappa shape index (κ3) is 1.92. The van der Waals surface area contributed by atoms with Crippen LogP contribution in [0.3, 0.4) is 0 Å². The lowest BCUT2D eigenvalue weighted by Crippen LogP contribution is -1.99. The molecular weight excluding hydrogens is 235 g/mol. The van der Waals surface area contributed by atoms with Crippen LogP contribution in [0.1, 0.15) is 24.5 Å². The molecule has 0 aliphatic heterocycles. The lowest BCUT2D eigenvalue weighted by Gasteiger charge is -2.09. The zero-order valence-corrected chi connectivity index (χ0v) is 8.59. The zero-order chi connectivity index (χ0) is 9.42. The molecule has 1 fully saturated rings. The molecular formula is C10H10BrFO. The Morgan fingerprint density at radius 2 is 2.15 bits per heavy atom. The maximum Gasteiger partial charge on any atom is 0.137 e. The Hall–Kier alpha value is -0.410. The van der Waals surface area contributed by atoms with Crippen molar-refractivity contribution in [3.8, 4) is 0 Å². The molecule has 1 atom stereocenters. The standard InChI is InChI=1S/C10H10BrFO/c11-8-4-3-7(5-9(8)12)10(13)6-1-2-6/h3-6,10,13H,1-2H2. The molecule has 1 aliphatic carbocycles. The number of hydrogen-bond acceptors (Lipinski definition) is 1. The summed E-state index contributed by atoms with van der Waals surface area (Å²) in [7, 11) is 0. The van der Waals surface area contributed by atoms with Crippen LogP contribution in [0.15, 0.2) is 22.7 Å². The van der Waals surface area contributed by atoms with Gasteiger partial charge in [0.2, 0.25) is 0 Å². The minimum atomic E-state index is -0.484. The van der Waals surface area contributed by atoms with E-state index in [2.05, 4.69) is 15.9 Å². The number of benzene rings is 1. The quantitative estimate of drug-likeness (QED) is 0.849. The molecule has 70 valence electrons. The maximum absolute atomic E-state index is 13.1. The van der Waals surface area contributed by atoms with E-state index in [1.165, 1.54) is 6.07 Å². The molecule has 0 heterocycles. The van der Waals surface area contributed by atoms with Crippen LogP contribution in [0.25, 0.3) is 0 Å². The number of halogens is 2. The van der Waals surface area contributed by atoms with Gasteiger partial charge < -0.3 is 5.11 Å². The summed E-state index contributed by atoms with van der Waals surface area (Å²) in [4.78, 5) is 0. The highest BCUT2D eigenvalue weighted by atomic mass is 79.9. The van der Waals surface area contributed by atoms with Crippen LogP contribution in [-0.2, 0) is 0 Å². The molecule has 3 heteroatoms. The molecule has 1 N–H and O–H groups in total. The van der Waals surface area contributed by atoms with Gasteiger partial charge in [0.15, 0.2) is 0 Å². The third-order valence-electron chi connectivity index (χ3n) is 2.35. The number of rotatable bonds is 2. The van der Waals surface area contributed by atoms with Gasteiger partial charge in [0.05, 0.1) is 10.6 Å². The monoisotopic (exact) mass is 244 g/mol. The molecule has 1 aliphatic rings. The molecule has 0 spiro atoms. The van der Waals surface area contributed by atoms with Crippen LogP contribution in [0.4, 0.5) is 4.39 Å². The van der Waals surface area contributed by atoms with E-state index in [-0.39, 0.29) is 5.82 Å². The number of hydrogen-bond donors (Lipinski definition) is 1. The fraction of sp³-hybridized carbons (Fsp3) is 0.400. The Labute approximate surface area is 84.7 Å². The average Bonchev–Trinajstić information content (AvgIpc) is 2.91. The summed E-state index contributed by atoms with van der Waals surface area (Å²) in [6.45, 7) is 0. The summed E-state index contributed by atoms with van der Waals surface area (Å²) in [6, 6.07) is 4.79. The Morgan fingerprint density at radius 1 is 1.46 bits per heavy atom. The van der Waals surface area contributed by atoms with Gasteiger partial charge in [0.1, 0.15) is 5.82 Å².